The fraction of sp³-hybridized carbons (Fsp3) is 0.462. The van der Waals surface area contributed by atoms with E-state index in [9.17, 15) is 4.79 Å². The molecule has 0 amide bonds. The largest absolute Gasteiger partial charge is 0.489 e. The van der Waals surface area contributed by atoms with Crippen molar-refractivity contribution in [3.8, 4) is 11.5 Å². The number of halogens is 1. The van der Waals surface area contributed by atoms with Gasteiger partial charge in [0.05, 0.1) is 24.2 Å². The molecule has 0 aromatic heterocycles. The van der Waals surface area contributed by atoms with Gasteiger partial charge < -0.3 is 14.6 Å². The number of carboxylic acid groups (broad SMARTS) is 1. The van der Waals surface area contributed by atoms with Gasteiger partial charge in [0.1, 0.15) is 0 Å². The van der Waals surface area contributed by atoms with E-state index < -0.39 is 11.9 Å². The van der Waals surface area contributed by atoms with Gasteiger partial charge in [0.2, 0.25) is 0 Å². The average molecular weight is 271 g/mol. The zero-order valence-electron chi connectivity index (χ0n) is 10.1. The van der Waals surface area contributed by atoms with Gasteiger partial charge in [-0.2, -0.15) is 0 Å². The van der Waals surface area contributed by atoms with Crippen molar-refractivity contribution in [2.24, 2.45) is 5.92 Å². The first-order valence-electron chi connectivity index (χ1n) is 5.89. The number of rotatable bonds is 3. The molecule has 0 spiro atoms. The summed E-state index contributed by atoms with van der Waals surface area (Å²) in [6.07, 6.45) is 1.19. The second-order valence-corrected chi connectivity index (χ2v) is 4.77. The minimum atomic E-state index is -0.826. The SMILES string of the molecule is CC(Cc1ccc(Cl)c2c1OCCCO2)C(=O)O. The van der Waals surface area contributed by atoms with E-state index in [1.165, 1.54) is 0 Å². The van der Waals surface area contributed by atoms with Gasteiger partial charge >= 0.3 is 5.97 Å². The van der Waals surface area contributed by atoms with Crippen LogP contribution in [0, 0.1) is 5.92 Å². The lowest BCUT2D eigenvalue weighted by Crippen LogP contribution is -2.13. The van der Waals surface area contributed by atoms with Crippen LogP contribution in [0.5, 0.6) is 11.5 Å². The van der Waals surface area contributed by atoms with Gasteiger partial charge in [0, 0.05) is 6.42 Å². The van der Waals surface area contributed by atoms with Crippen molar-refractivity contribution in [3.05, 3.63) is 22.7 Å². The van der Waals surface area contributed by atoms with E-state index in [4.69, 9.17) is 26.2 Å². The minimum absolute atomic E-state index is 0.401. The predicted octanol–water partition coefficient (Wildman–Crippen LogP) is 2.76. The van der Waals surface area contributed by atoms with Gasteiger partial charge in [-0.1, -0.05) is 24.6 Å². The van der Waals surface area contributed by atoms with Gasteiger partial charge in [-0.25, -0.2) is 0 Å². The molecule has 2 rings (SSSR count). The number of hydrogen-bond donors (Lipinski definition) is 1. The number of fused-ring (bicyclic) bond motifs is 1. The molecule has 4 nitrogen and oxygen atoms in total. The van der Waals surface area contributed by atoms with Crippen LogP contribution < -0.4 is 9.47 Å². The monoisotopic (exact) mass is 270 g/mol. The van der Waals surface area contributed by atoms with Crippen molar-refractivity contribution in [2.75, 3.05) is 13.2 Å². The van der Waals surface area contributed by atoms with Crippen molar-refractivity contribution in [1.82, 2.24) is 0 Å². The van der Waals surface area contributed by atoms with Crippen molar-refractivity contribution in [1.29, 1.82) is 0 Å². The van der Waals surface area contributed by atoms with Crippen molar-refractivity contribution in [2.45, 2.75) is 19.8 Å². The molecule has 1 aliphatic rings. The Hall–Kier alpha value is -1.42. The Morgan fingerprint density at radius 1 is 1.39 bits per heavy atom. The Balaban J connectivity index is 2.33. The normalized spacial score (nSPS) is 15.9. The molecule has 1 aromatic carbocycles. The molecule has 5 heteroatoms. The molecular weight excluding hydrogens is 256 g/mol. The van der Waals surface area contributed by atoms with Crippen LogP contribution in [0.4, 0.5) is 0 Å². The van der Waals surface area contributed by atoms with E-state index in [1.807, 2.05) is 0 Å². The van der Waals surface area contributed by atoms with E-state index in [2.05, 4.69) is 0 Å². The average Bonchev–Trinajstić information content (AvgIpc) is 2.58. The van der Waals surface area contributed by atoms with Gasteiger partial charge in [-0.3, -0.25) is 4.79 Å². The first-order chi connectivity index (χ1) is 8.59. The number of carbonyl (C=O) groups is 1. The highest BCUT2D eigenvalue weighted by Crippen LogP contribution is 2.40. The third kappa shape index (κ3) is 2.70. The lowest BCUT2D eigenvalue weighted by atomic mass is 10.00. The number of ether oxygens (including phenoxy) is 2. The molecule has 1 unspecified atom stereocenters. The number of aliphatic carboxylic acids is 1. The molecule has 18 heavy (non-hydrogen) atoms. The predicted molar refractivity (Wildman–Crippen MR) is 67.6 cm³/mol. The maximum Gasteiger partial charge on any atom is 0.306 e. The Labute approximate surface area is 110 Å². The summed E-state index contributed by atoms with van der Waals surface area (Å²) in [6, 6.07) is 3.52. The summed E-state index contributed by atoms with van der Waals surface area (Å²) in [5, 5.41) is 9.46. The molecular formula is C13H15ClO4. The molecule has 0 fully saturated rings. The molecule has 1 N–H and O–H groups in total. The Morgan fingerprint density at radius 2 is 2.06 bits per heavy atom. The molecule has 1 aromatic rings. The van der Waals surface area contributed by atoms with Crippen LogP contribution in [0.1, 0.15) is 18.9 Å². The summed E-state index contributed by atoms with van der Waals surface area (Å²) in [6.45, 7) is 2.79. The molecule has 98 valence electrons. The van der Waals surface area contributed by atoms with Gasteiger partial charge in [-0.15, -0.1) is 0 Å². The second-order valence-electron chi connectivity index (χ2n) is 4.36. The van der Waals surface area contributed by atoms with Crippen LogP contribution in [0.3, 0.4) is 0 Å². The zero-order valence-corrected chi connectivity index (χ0v) is 10.9. The Morgan fingerprint density at radius 3 is 2.72 bits per heavy atom. The first kappa shape index (κ1) is 13.0. The molecule has 1 heterocycles. The molecule has 1 aliphatic heterocycles. The van der Waals surface area contributed by atoms with Crippen LogP contribution >= 0.6 is 11.6 Å². The summed E-state index contributed by atoms with van der Waals surface area (Å²) in [5.74, 6) is -0.173. The molecule has 0 aliphatic carbocycles. The van der Waals surface area contributed by atoms with E-state index in [-0.39, 0.29) is 0 Å². The number of benzene rings is 1. The summed E-state index contributed by atoms with van der Waals surface area (Å²) < 4.78 is 11.2. The molecule has 0 radical (unpaired) electrons. The lowest BCUT2D eigenvalue weighted by molar-refractivity contribution is -0.141. The van der Waals surface area contributed by atoms with E-state index in [0.717, 1.165) is 12.0 Å². The zero-order chi connectivity index (χ0) is 13.1. The highest BCUT2D eigenvalue weighted by molar-refractivity contribution is 6.32. The Bertz CT molecular complexity index is 459. The Kier molecular flexibility index (Phi) is 3.97. The van der Waals surface area contributed by atoms with Gasteiger partial charge in [0.25, 0.3) is 0 Å². The lowest BCUT2D eigenvalue weighted by Gasteiger charge is -2.15. The van der Waals surface area contributed by atoms with Crippen molar-refractivity contribution in [3.63, 3.8) is 0 Å². The first-order valence-corrected chi connectivity index (χ1v) is 6.27. The van der Waals surface area contributed by atoms with Crippen LogP contribution in [0.25, 0.3) is 0 Å². The highest BCUT2D eigenvalue weighted by Gasteiger charge is 2.21. The quantitative estimate of drug-likeness (QED) is 0.918. The summed E-state index contributed by atoms with van der Waals surface area (Å²) in [4.78, 5) is 10.9. The summed E-state index contributed by atoms with van der Waals surface area (Å²) in [5.41, 5.74) is 0.825. The van der Waals surface area contributed by atoms with Gasteiger partial charge in [-0.05, 0) is 18.1 Å². The standard InChI is InChI=1S/C13H15ClO4/c1-8(13(15)16)7-9-3-4-10(14)12-11(9)17-5-2-6-18-12/h3-4,8H,2,5-7H2,1H3,(H,15,16). The second kappa shape index (κ2) is 5.48. The minimum Gasteiger partial charge on any atom is -0.489 e. The van der Waals surface area contributed by atoms with Crippen LogP contribution in [-0.2, 0) is 11.2 Å². The fourth-order valence-electron chi connectivity index (χ4n) is 1.86. The summed E-state index contributed by atoms with van der Waals surface area (Å²) in [7, 11) is 0. The van der Waals surface area contributed by atoms with Crippen molar-refractivity contribution < 1.29 is 19.4 Å². The summed E-state index contributed by atoms with van der Waals surface area (Å²) >= 11 is 6.06. The van der Waals surface area contributed by atoms with Crippen LogP contribution in [0.15, 0.2) is 12.1 Å². The third-order valence-electron chi connectivity index (χ3n) is 2.87. The maximum atomic E-state index is 10.9. The highest BCUT2D eigenvalue weighted by atomic mass is 35.5. The third-order valence-corrected chi connectivity index (χ3v) is 3.17. The molecule has 1 atom stereocenters. The van der Waals surface area contributed by atoms with Crippen molar-refractivity contribution >= 4 is 17.6 Å². The maximum absolute atomic E-state index is 10.9. The topological polar surface area (TPSA) is 55.8 Å². The smallest absolute Gasteiger partial charge is 0.306 e. The van der Waals surface area contributed by atoms with E-state index >= 15 is 0 Å². The number of carboxylic acids is 1. The number of hydrogen-bond acceptors (Lipinski definition) is 3. The molecule has 0 bridgehead atoms. The molecule has 0 saturated heterocycles. The molecule has 0 saturated carbocycles. The van der Waals surface area contributed by atoms with Crippen LogP contribution in [0.2, 0.25) is 5.02 Å². The fourth-order valence-corrected chi connectivity index (χ4v) is 2.06. The van der Waals surface area contributed by atoms with E-state index in [0.29, 0.717) is 36.2 Å². The van der Waals surface area contributed by atoms with Crippen LogP contribution in [-0.4, -0.2) is 24.3 Å². The van der Waals surface area contributed by atoms with E-state index in [1.54, 1.807) is 19.1 Å². The van der Waals surface area contributed by atoms with Gasteiger partial charge in [0.15, 0.2) is 11.5 Å².